The van der Waals surface area contributed by atoms with Gasteiger partial charge in [0.1, 0.15) is 12.4 Å². The lowest BCUT2D eigenvalue weighted by Gasteiger charge is -2.15. The molecule has 0 aliphatic rings. The molecule has 0 amide bonds. The molecule has 1 atom stereocenters. The Balaban J connectivity index is 2.44. The molecule has 1 heterocycles. The average molecular weight is 278 g/mol. The van der Waals surface area contributed by atoms with Crippen molar-refractivity contribution in [1.82, 2.24) is 10.3 Å². The van der Waals surface area contributed by atoms with Gasteiger partial charge in [-0.15, -0.1) is 0 Å². The molecule has 4 nitrogen and oxygen atoms in total. The van der Waals surface area contributed by atoms with Gasteiger partial charge in [-0.25, -0.2) is 0 Å². The quantitative estimate of drug-likeness (QED) is 0.834. The maximum atomic E-state index is 12.0. The lowest BCUT2D eigenvalue weighted by Crippen LogP contribution is -2.34. The van der Waals surface area contributed by atoms with E-state index in [2.05, 4.69) is 10.3 Å². The van der Waals surface area contributed by atoms with E-state index in [0.717, 1.165) is 5.69 Å². The molecule has 1 unspecified atom stereocenters. The summed E-state index contributed by atoms with van der Waals surface area (Å²) in [6.45, 7) is 3.73. The van der Waals surface area contributed by atoms with Crippen molar-refractivity contribution in [3.8, 4) is 5.75 Å². The molecule has 0 bridgehead atoms. The standard InChI is InChI=1S/C12H17F3N2O2/c1-8(2)16-5-9-3-4-10(6-17-9)19-7-11(18)12(13,14)15/h3-4,6,8,11,16,18H,5,7H2,1-2H3. The molecule has 0 fully saturated rings. The van der Waals surface area contributed by atoms with E-state index in [4.69, 9.17) is 9.84 Å². The number of nitrogens with one attached hydrogen (secondary N) is 1. The van der Waals surface area contributed by atoms with Crippen molar-refractivity contribution in [2.75, 3.05) is 6.61 Å². The first-order valence-electron chi connectivity index (χ1n) is 5.85. The number of aliphatic hydroxyl groups is 1. The highest BCUT2D eigenvalue weighted by Gasteiger charge is 2.38. The highest BCUT2D eigenvalue weighted by molar-refractivity contribution is 5.19. The Labute approximate surface area is 109 Å². The lowest BCUT2D eigenvalue weighted by atomic mass is 10.3. The summed E-state index contributed by atoms with van der Waals surface area (Å²) < 4.78 is 40.9. The molecule has 1 aromatic rings. The van der Waals surface area contributed by atoms with Crippen molar-refractivity contribution >= 4 is 0 Å². The molecule has 1 aromatic heterocycles. The van der Waals surface area contributed by atoms with Crippen LogP contribution in [0.5, 0.6) is 5.75 Å². The van der Waals surface area contributed by atoms with Gasteiger partial charge in [-0.1, -0.05) is 13.8 Å². The summed E-state index contributed by atoms with van der Waals surface area (Å²) >= 11 is 0. The van der Waals surface area contributed by atoms with Gasteiger partial charge in [0.15, 0.2) is 6.10 Å². The summed E-state index contributed by atoms with van der Waals surface area (Å²) in [4.78, 5) is 4.04. The van der Waals surface area contributed by atoms with Crippen molar-refractivity contribution < 1.29 is 23.0 Å². The molecule has 0 spiro atoms. The second-order valence-corrected chi connectivity index (χ2v) is 4.39. The zero-order valence-electron chi connectivity index (χ0n) is 10.7. The van der Waals surface area contributed by atoms with Gasteiger partial charge in [0.25, 0.3) is 0 Å². The third-order valence-electron chi connectivity index (χ3n) is 2.27. The van der Waals surface area contributed by atoms with Crippen molar-refractivity contribution in [2.45, 2.75) is 38.7 Å². The van der Waals surface area contributed by atoms with Crippen molar-refractivity contribution in [1.29, 1.82) is 0 Å². The summed E-state index contributed by atoms with van der Waals surface area (Å²) in [5.41, 5.74) is 0.761. The predicted molar refractivity (Wildman–Crippen MR) is 63.8 cm³/mol. The molecule has 19 heavy (non-hydrogen) atoms. The molecule has 108 valence electrons. The molecule has 1 rings (SSSR count). The number of ether oxygens (including phenoxy) is 1. The number of nitrogens with zero attached hydrogens (tertiary/aromatic N) is 1. The minimum atomic E-state index is -4.67. The van der Waals surface area contributed by atoms with Gasteiger partial charge in [-0.3, -0.25) is 4.98 Å². The third kappa shape index (κ3) is 5.89. The van der Waals surface area contributed by atoms with E-state index in [1.54, 1.807) is 6.07 Å². The summed E-state index contributed by atoms with van der Waals surface area (Å²) in [7, 11) is 0. The highest BCUT2D eigenvalue weighted by Crippen LogP contribution is 2.21. The van der Waals surface area contributed by atoms with Crippen LogP contribution in [0.4, 0.5) is 13.2 Å². The number of hydrogen-bond donors (Lipinski definition) is 2. The van der Waals surface area contributed by atoms with Crippen LogP contribution in [0.15, 0.2) is 18.3 Å². The van der Waals surface area contributed by atoms with Gasteiger partial charge in [-0.2, -0.15) is 13.2 Å². The third-order valence-corrected chi connectivity index (χ3v) is 2.27. The molecule has 0 aliphatic carbocycles. The largest absolute Gasteiger partial charge is 0.489 e. The monoisotopic (exact) mass is 278 g/mol. The van der Waals surface area contributed by atoms with Crippen LogP contribution >= 0.6 is 0 Å². The molecule has 0 saturated heterocycles. The van der Waals surface area contributed by atoms with Crippen LogP contribution in [-0.2, 0) is 6.54 Å². The number of pyridine rings is 1. The molecular weight excluding hydrogens is 261 g/mol. The molecular formula is C12H17F3N2O2. The van der Waals surface area contributed by atoms with Crippen molar-refractivity contribution in [3.05, 3.63) is 24.0 Å². The zero-order valence-corrected chi connectivity index (χ0v) is 10.7. The van der Waals surface area contributed by atoms with Crippen molar-refractivity contribution in [2.24, 2.45) is 0 Å². The Kier molecular flexibility index (Phi) is 5.56. The van der Waals surface area contributed by atoms with E-state index < -0.39 is 18.9 Å². The topological polar surface area (TPSA) is 54.4 Å². The Hall–Kier alpha value is -1.34. The summed E-state index contributed by atoms with van der Waals surface area (Å²) in [5, 5.41) is 11.9. The maximum absolute atomic E-state index is 12.0. The van der Waals surface area contributed by atoms with Crippen LogP contribution in [0, 0.1) is 0 Å². The molecule has 0 saturated carbocycles. The van der Waals surface area contributed by atoms with Crippen LogP contribution in [-0.4, -0.2) is 35.0 Å². The number of aromatic nitrogens is 1. The van der Waals surface area contributed by atoms with Gasteiger partial charge in [-0.05, 0) is 12.1 Å². The van der Waals surface area contributed by atoms with Gasteiger partial charge in [0.2, 0.25) is 0 Å². The van der Waals surface area contributed by atoms with E-state index in [0.29, 0.717) is 12.6 Å². The number of rotatable bonds is 6. The van der Waals surface area contributed by atoms with Gasteiger partial charge >= 0.3 is 6.18 Å². The smallest absolute Gasteiger partial charge is 0.417 e. The molecule has 0 aromatic carbocycles. The van der Waals surface area contributed by atoms with E-state index in [1.807, 2.05) is 13.8 Å². The fourth-order valence-electron chi connectivity index (χ4n) is 1.18. The molecule has 0 aliphatic heterocycles. The van der Waals surface area contributed by atoms with Gasteiger partial charge < -0.3 is 15.2 Å². The maximum Gasteiger partial charge on any atom is 0.417 e. The van der Waals surface area contributed by atoms with Crippen LogP contribution in [0.25, 0.3) is 0 Å². The Morgan fingerprint density at radius 2 is 2.05 bits per heavy atom. The fraction of sp³-hybridized carbons (Fsp3) is 0.583. The second kappa shape index (κ2) is 6.72. The van der Waals surface area contributed by atoms with E-state index in [-0.39, 0.29) is 5.75 Å². The number of hydrogen-bond acceptors (Lipinski definition) is 4. The minimum Gasteiger partial charge on any atom is -0.489 e. The summed E-state index contributed by atoms with van der Waals surface area (Å²) in [5.74, 6) is 0.191. The Bertz CT molecular complexity index is 380. The number of alkyl halides is 3. The van der Waals surface area contributed by atoms with Crippen LogP contribution in [0.2, 0.25) is 0 Å². The first kappa shape index (κ1) is 15.7. The average Bonchev–Trinajstić information content (AvgIpc) is 2.33. The molecule has 7 heteroatoms. The first-order valence-corrected chi connectivity index (χ1v) is 5.85. The van der Waals surface area contributed by atoms with Crippen LogP contribution in [0.3, 0.4) is 0 Å². The lowest BCUT2D eigenvalue weighted by molar-refractivity contribution is -0.210. The minimum absolute atomic E-state index is 0.191. The van der Waals surface area contributed by atoms with E-state index in [1.165, 1.54) is 12.3 Å². The Morgan fingerprint density at radius 1 is 1.37 bits per heavy atom. The Morgan fingerprint density at radius 3 is 2.53 bits per heavy atom. The highest BCUT2D eigenvalue weighted by atomic mass is 19.4. The van der Waals surface area contributed by atoms with E-state index >= 15 is 0 Å². The normalized spacial score (nSPS) is 13.6. The number of halogens is 3. The number of aliphatic hydroxyl groups excluding tert-OH is 1. The summed E-state index contributed by atoms with van der Waals surface area (Å²) in [6, 6.07) is 3.50. The molecule has 2 N–H and O–H groups in total. The molecule has 0 radical (unpaired) electrons. The van der Waals surface area contributed by atoms with Crippen LogP contribution < -0.4 is 10.1 Å². The predicted octanol–water partition coefficient (Wildman–Crippen LogP) is 1.88. The van der Waals surface area contributed by atoms with Crippen molar-refractivity contribution in [3.63, 3.8) is 0 Å². The van der Waals surface area contributed by atoms with Gasteiger partial charge in [0.05, 0.1) is 11.9 Å². The summed E-state index contributed by atoms with van der Waals surface area (Å²) in [6.07, 6.45) is -5.83. The second-order valence-electron chi connectivity index (χ2n) is 4.39. The SMILES string of the molecule is CC(C)NCc1ccc(OCC(O)C(F)(F)F)cn1. The van der Waals surface area contributed by atoms with E-state index in [9.17, 15) is 13.2 Å². The van der Waals surface area contributed by atoms with Crippen LogP contribution in [0.1, 0.15) is 19.5 Å². The first-order chi connectivity index (χ1) is 8.79. The zero-order chi connectivity index (χ0) is 14.5. The van der Waals surface area contributed by atoms with Gasteiger partial charge in [0, 0.05) is 12.6 Å². The fourth-order valence-corrected chi connectivity index (χ4v) is 1.18.